The first-order valence-corrected chi connectivity index (χ1v) is 12.1. The fourth-order valence-electron chi connectivity index (χ4n) is 5.58. The molecule has 0 aliphatic carbocycles. The van der Waals surface area contributed by atoms with Crippen LogP contribution in [0, 0.1) is 5.82 Å². The number of carbonyl (C=O) groups excluding carboxylic acids is 1. The van der Waals surface area contributed by atoms with E-state index in [2.05, 4.69) is 32.2 Å². The van der Waals surface area contributed by atoms with Crippen molar-refractivity contribution in [2.45, 2.75) is 50.4 Å². The standard InChI is InChI=1S/C25H28F4N6O/c1-16(18-5-3-6-19(22(18)26)25(27,28)29)32-23(36)17-13-20-30-15-31-35(20)21(14-17)34-11-8-24(9-12-34)7-4-10-33(24)2/h3,5-6,13-16H,4,7-12H2,1-2H3,(H,32,36)/t16-/m1/s1. The summed E-state index contributed by atoms with van der Waals surface area (Å²) in [6.07, 6.45) is 0.978. The third kappa shape index (κ3) is 4.29. The molecule has 0 bridgehead atoms. The number of carbonyl (C=O) groups is 1. The van der Waals surface area contributed by atoms with Gasteiger partial charge in [0.2, 0.25) is 0 Å². The van der Waals surface area contributed by atoms with Crippen LogP contribution >= 0.6 is 0 Å². The van der Waals surface area contributed by atoms with Crippen molar-refractivity contribution in [2.75, 3.05) is 31.6 Å². The molecule has 2 aliphatic rings. The third-order valence-electron chi connectivity index (χ3n) is 7.73. The lowest BCUT2D eigenvalue weighted by Gasteiger charge is -2.44. The molecule has 1 atom stereocenters. The van der Waals surface area contributed by atoms with Gasteiger partial charge in [0.15, 0.2) is 5.65 Å². The van der Waals surface area contributed by atoms with Crippen molar-refractivity contribution in [3.63, 3.8) is 0 Å². The van der Waals surface area contributed by atoms with Crippen molar-refractivity contribution < 1.29 is 22.4 Å². The molecule has 1 amide bonds. The van der Waals surface area contributed by atoms with Crippen molar-refractivity contribution in [3.05, 3.63) is 59.2 Å². The van der Waals surface area contributed by atoms with E-state index in [0.717, 1.165) is 44.4 Å². The van der Waals surface area contributed by atoms with E-state index in [0.29, 0.717) is 11.7 Å². The molecular weight excluding hydrogens is 476 g/mol. The molecule has 0 radical (unpaired) electrons. The second-order valence-electron chi connectivity index (χ2n) is 9.77. The molecule has 1 aromatic carbocycles. The van der Waals surface area contributed by atoms with Crippen LogP contribution < -0.4 is 10.2 Å². The van der Waals surface area contributed by atoms with Crippen LogP contribution in [0.2, 0.25) is 0 Å². The van der Waals surface area contributed by atoms with Crippen LogP contribution in [0.3, 0.4) is 0 Å². The molecule has 0 saturated carbocycles. The first-order valence-electron chi connectivity index (χ1n) is 12.1. The summed E-state index contributed by atoms with van der Waals surface area (Å²) in [6.45, 7) is 4.16. The Morgan fingerprint density at radius 1 is 1.14 bits per heavy atom. The van der Waals surface area contributed by atoms with E-state index < -0.39 is 29.5 Å². The van der Waals surface area contributed by atoms with E-state index >= 15 is 0 Å². The van der Waals surface area contributed by atoms with Crippen LogP contribution in [0.1, 0.15) is 60.1 Å². The Balaban J connectivity index is 1.38. The third-order valence-corrected chi connectivity index (χ3v) is 7.73. The number of piperidine rings is 1. The van der Waals surface area contributed by atoms with E-state index in [1.54, 1.807) is 16.6 Å². The zero-order chi connectivity index (χ0) is 25.7. The number of hydrogen-bond donors (Lipinski definition) is 1. The molecule has 11 heteroatoms. The second kappa shape index (κ2) is 9.02. The Morgan fingerprint density at radius 3 is 2.56 bits per heavy atom. The summed E-state index contributed by atoms with van der Waals surface area (Å²) in [7, 11) is 2.18. The summed E-state index contributed by atoms with van der Waals surface area (Å²) in [6, 6.07) is 5.36. The van der Waals surface area contributed by atoms with Crippen molar-refractivity contribution in [1.29, 1.82) is 0 Å². The number of benzene rings is 1. The van der Waals surface area contributed by atoms with Crippen LogP contribution in [0.25, 0.3) is 5.65 Å². The number of fused-ring (bicyclic) bond motifs is 1. The van der Waals surface area contributed by atoms with Crippen LogP contribution in [-0.4, -0.2) is 57.6 Å². The monoisotopic (exact) mass is 504 g/mol. The van der Waals surface area contributed by atoms with Gasteiger partial charge in [-0.2, -0.15) is 22.8 Å². The number of rotatable bonds is 4. The Morgan fingerprint density at radius 2 is 1.89 bits per heavy atom. The molecule has 2 aromatic heterocycles. The Hall–Kier alpha value is -3.21. The number of aromatic nitrogens is 3. The van der Waals surface area contributed by atoms with Gasteiger partial charge in [0.05, 0.1) is 11.6 Å². The summed E-state index contributed by atoms with van der Waals surface area (Å²) < 4.78 is 55.7. The molecule has 192 valence electrons. The zero-order valence-corrected chi connectivity index (χ0v) is 20.1. The average Bonchev–Trinajstić information content (AvgIpc) is 3.45. The normalized spacial score (nSPS) is 19.2. The van der Waals surface area contributed by atoms with Crippen LogP contribution in [0.4, 0.5) is 23.4 Å². The van der Waals surface area contributed by atoms with Gasteiger partial charge in [-0.3, -0.25) is 4.79 Å². The Labute approximate surface area is 206 Å². The SMILES string of the molecule is C[C@@H](NC(=O)c1cc(N2CCC3(CCCN3C)CC2)n2ncnc2c1)c1cccc(C(F)(F)F)c1F. The zero-order valence-electron chi connectivity index (χ0n) is 20.1. The first kappa shape index (κ1) is 24.5. The lowest BCUT2D eigenvalue weighted by atomic mass is 9.85. The van der Waals surface area contributed by atoms with Crippen LogP contribution in [-0.2, 0) is 6.18 Å². The maximum Gasteiger partial charge on any atom is 0.419 e. The van der Waals surface area contributed by atoms with Gasteiger partial charge in [-0.15, -0.1) is 0 Å². The predicted molar refractivity (Wildman–Crippen MR) is 126 cm³/mol. The molecule has 3 aromatic rings. The van der Waals surface area contributed by atoms with E-state index in [1.165, 1.54) is 32.2 Å². The molecule has 1 N–H and O–H groups in total. The number of hydrogen-bond acceptors (Lipinski definition) is 5. The number of halogens is 4. The van der Waals surface area contributed by atoms with Gasteiger partial charge in [0.1, 0.15) is 18.0 Å². The summed E-state index contributed by atoms with van der Waals surface area (Å²) in [5.74, 6) is -1.19. The Kier molecular flexibility index (Phi) is 6.14. The number of amides is 1. The molecular formula is C25H28F4N6O. The number of pyridine rings is 1. The smallest absolute Gasteiger partial charge is 0.356 e. The number of nitrogens with zero attached hydrogens (tertiary/aromatic N) is 5. The second-order valence-corrected chi connectivity index (χ2v) is 9.77. The minimum absolute atomic E-state index is 0.220. The molecule has 1 spiro atoms. The van der Waals surface area contributed by atoms with Crippen molar-refractivity contribution >= 4 is 17.4 Å². The molecule has 36 heavy (non-hydrogen) atoms. The van der Waals surface area contributed by atoms with Gasteiger partial charge in [-0.25, -0.2) is 9.37 Å². The molecule has 2 saturated heterocycles. The molecule has 4 heterocycles. The number of alkyl halides is 3. The molecule has 7 nitrogen and oxygen atoms in total. The van der Waals surface area contributed by atoms with Gasteiger partial charge < -0.3 is 15.1 Å². The lowest BCUT2D eigenvalue weighted by Crippen LogP contribution is -2.51. The van der Waals surface area contributed by atoms with Crippen LogP contribution in [0.5, 0.6) is 0 Å². The predicted octanol–water partition coefficient (Wildman–Crippen LogP) is 4.44. The van der Waals surface area contributed by atoms with Gasteiger partial charge >= 0.3 is 6.18 Å². The van der Waals surface area contributed by atoms with Crippen molar-refractivity contribution in [1.82, 2.24) is 24.8 Å². The molecule has 2 aliphatic heterocycles. The highest BCUT2D eigenvalue weighted by molar-refractivity contribution is 5.96. The number of nitrogens with one attached hydrogen (secondary N) is 1. The fraction of sp³-hybridized carbons (Fsp3) is 0.480. The highest BCUT2D eigenvalue weighted by Crippen LogP contribution is 2.38. The van der Waals surface area contributed by atoms with Crippen molar-refractivity contribution in [3.8, 4) is 0 Å². The maximum absolute atomic E-state index is 14.6. The molecule has 5 rings (SSSR count). The van der Waals surface area contributed by atoms with E-state index in [1.807, 2.05) is 0 Å². The van der Waals surface area contributed by atoms with Gasteiger partial charge in [0.25, 0.3) is 5.91 Å². The van der Waals surface area contributed by atoms with Gasteiger partial charge in [-0.05, 0) is 64.4 Å². The number of likely N-dealkylation sites (tertiary alicyclic amines) is 1. The van der Waals surface area contributed by atoms with Crippen molar-refractivity contribution in [2.24, 2.45) is 0 Å². The maximum atomic E-state index is 14.6. The molecule has 0 unspecified atom stereocenters. The first-order chi connectivity index (χ1) is 17.1. The summed E-state index contributed by atoms with van der Waals surface area (Å²) in [4.78, 5) is 22.0. The molecule has 2 fully saturated rings. The summed E-state index contributed by atoms with van der Waals surface area (Å²) in [5, 5.41) is 6.95. The van der Waals surface area contributed by atoms with Crippen LogP contribution in [0.15, 0.2) is 36.7 Å². The lowest BCUT2D eigenvalue weighted by molar-refractivity contribution is -0.140. The fourth-order valence-corrected chi connectivity index (χ4v) is 5.58. The number of anilines is 1. The summed E-state index contributed by atoms with van der Waals surface area (Å²) >= 11 is 0. The van der Waals surface area contributed by atoms with Gasteiger partial charge in [-0.1, -0.05) is 12.1 Å². The Bertz CT molecular complexity index is 1280. The summed E-state index contributed by atoms with van der Waals surface area (Å²) in [5.41, 5.74) is -0.609. The van der Waals surface area contributed by atoms with E-state index in [4.69, 9.17) is 0 Å². The highest BCUT2D eigenvalue weighted by atomic mass is 19.4. The largest absolute Gasteiger partial charge is 0.419 e. The average molecular weight is 505 g/mol. The highest BCUT2D eigenvalue weighted by Gasteiger charge is 2.41. The van der Waals surface area contributed by atoms with E-state index in [9.17, 15) is 22.4 Å². The minimum atomic E-state index is -4.82. The topological polar surface area (TPSA) is 65.8 Å². The van der Waals surface area contributed by atoms with E-state index in [-0.39, 0.29) is 16.7 Å². The minimum Gasteiger partial charge on any atom is -0.356 e. The quantitative estimate of drug-likeness (QED) is 0.532. The van der Waals surface area contributed by atoms with Gasteiger partial charge in [0, 0.05) is 29.8 Å².